The van der Waals surface area contributed by atoms with Gasteiger partial charge >= 0.3 is 0 Å². The molecule has 0 aromatic heterocycles. The molecule has 2 fully saturated rings. The molecule has 6 aromatic rings. The van der Waals surface area contributed by atoms with Crippen LogP contribution in [-0.4, -0.2) is 95.2 Å². The Bertz CT molecular complexity index is 3050. The van der Waals surface area contributed by atoms with Crippen LogP contribution in [-0.2, 0) is 12.8 Å². The molecule has 602 valence electrons. The highest BCUT2D eigenvalue weighted by molar-refractivity contribution is 5.35. The summed E-state index contributed by atoms with van der Waals surface area (Å²) in [6.07, 6.45) is 28.7. The lowest BCUT2D eigenvalue weighted by molar-refractivity contribution is -0.0203. The number of rotatable bonds is 45. The molecular weight excluding hydrogens is 1340 g/mol. The summed E-state index contributed by atoms with van der Waals surface area (Å²) in [4.78, 5) is 0. The van der Waals surface area contributed by atoms with E-state index in [2.05, 4.69) is 106 Å². The average Bonchev–Trinajstić information content (AvgIpc) is 1.56. The van der Waals surface area contributed by atoms with Crippen LogP contribution in [0.4, 0.5) is 0 Å². The standard InChI is InChI=1S/C17H28O3.C16H24O2.C16H26O2.C15H24O3.C15H22O2.C15H24O/c1-4-10-17(18,11-5-2)14-20-16-9-7-8-15(13-16)19-12-6-3;1-2-6-16(17)14-9-5-10-15(11-14)18-12-13-7-3-4-8-13;1-4-7-9-14-10-8-11-15(12-14)18-13-16(17,5-2)6-3;1-4-10-17-13-8-7-9-14(11-13)18-12-15(16,5-2)6-3;1-2-5-15(16)13-8-4-9-14(10-13)17-11-12-6-3-7-12;1-4-5-7-14-8-6-9-15(12-14)16-11-10-13(2)3/h7-9,13,18H,4-6,10-12,14H2,1-3H3;5,9-11,13,16-17H,2-4,6-8,12H2,1H3;8,10-12,17H,4-7,9,13H2,1-3H3;7-9,11,16H,4-6,10,12H2,1-3H3;4,8-10,12,15-16H,2-3,5-7,11H2,1H3;6,8-9,12-13H,4-5,7,10-11H2,1-3H3. The van der Waals surface area contributed by atoms with Crippen molar-refractivity contribution in [2.24, 2.45) is 17.8 Å². The fraction of sp³-hybridized carbons (Fsp3) is 0.617. The monoisotopic (exact) mass is 1490 g/mol. The zero-order valence-corrected chi connectivity index (χ0v) is 69.2. The van der Waals surface area contributed by atoms with E-state index in [1.807, 2.05) is 137 Å². The summed E-state index contributed by atoms with van der Waals surface area (Å²) in [7, 11) is 0. The van der Waals surface area contributed by atoms with E-state index in [1.165, 1.54) is 81.8 Å². The molecule has 0 saturated heterocycles. The van der Waals surface area contributed by atoms with Crippen molar-refractivity contribution in [2.75, 3.05) is 52.9 Å². The summed E-state index contributed by atoms with van der Waals surface area (Å²) in [5, 5.41) is 50.7. The molecule has 0 bridgehead atoms. The van der Waals surface area contributed by atoms with E-state index in [4.69, 9.17) is 37.9 Å². The lowest BCUT2D eigenvalue weighted by atomic mass is 9.86. The average molecular weight is 1490 g/mol. The van der Waals surface area contributed by atoms with Crippen LogP contribution in [0.15, 0.2) is 146 Å². The van der Waals surface area contributed by atoms with Crippen LogP contribution < -0.4 is 37.9 Å². The second-order valence-corrected chi connectivity index (χ2v) is 30.0. The van der Waals surface area contributed by atoms with E-state index < -0.39 is 16.8 Å². The minimum atomic E-state index is -0.736. The molecule has 2 atom stereocenters. The molecule has 2 aliphatic carbocycles. The van der Waals surface area contributed by atoms with Gasteiger partial charge in [0.15, 0.2) is 0 Å². The van der Waals surface area contributed by atoms with Crippen molar-refractivity contribution < 1.29 is 63.4 Å². The van der Waals surface area contributed by atoms with Crippen molar-refractivity contribution in [2.45, 2.75) is 306 Å². The number of aliphatic hydroxyl groups excluding tert-OH is 2. The third kappa shape index (κ3) is 41.8. The van der Waals surface area contributed by atoms with Crippen molar-refractivity contribution in [3.63, 3.8) is 0 Å². The van der Waals surface area contributed by atoms with Crippen molar-refractivity contribution in [1.82, 2.24) is 0 Å². The van der Waals surface area contributed by atoms with Crippen LogP contribution in [0.25, 0.3) is 0 Å². The van der Waals surface area contributed by atoms with Crippen LogP contribution in [0.2, 0.25) is 0 Å². The molecular formula is C94H148O13. The van der Waals surface area contributed by atoms with Gasteiger partial charge in [0.1, 0.15) is 65.8 Å². The number of benzene rings is 6. The Morgan fingerprint density at radius 2 is 0.664 bits per heavy atom. The second-order valence-electron chi connectivity index (χ2n) is 30.0. The number of hydrogen-bond donors (Lipinski definition) is 5. The summed E-state index contributed by atoms with van der Waals surface area (Å²) in [6.45, 7) is 34.2. The van der Waals surface area contributed by atoms with Crippen LogP contribution in [0.3, 0.4) is 0 Å². The summed E-state index contributed by atoms with van der Waals surface area (Å²) >= 11 is 0. The first-order valence-electron chi connectivity index (χ1n) is 41.8. The molecule has 2 unspecified atom stereocenters. The highest BCUT2D eigenvalue weighted by Crippen LogP contribution is 2.32. The predicted octanol–water partition coefficient (Wildman–Crippen LogP) is 23.8. The molecule has 0 radical (unpaired) electrons. The first-order valence-corrected chi connectivity index (χ1v) is 41.8. The minimum absolute atomic E-state index is 0.317. The Labute approximate surface area is 650 Å². The molecule has 6 aromatic carbocycles. The first-order chi connectivity index (χ1) is 51.7. The van der Waals surface area contributed by atoms with Crippen molar-refractivity contribution in [1.29, 1.82) is 0 Å². The molecule has 0 heterocycles. The van der Waals surface area contributed by atoms with Crippen molar-refractivity contribution in [3.8, 4) is 46.0 Å². The van der Waals surface area contributed by atoms with Gasteiger partial charge in [0.2, 0.25) is 0 Å². The third-order valence-electron chi connectivity index (χ3n) is 19.8. The smallest absolute Gasteiger partial charge is 0.123 e. The van der Waals surface area contributed by atoms with Gasteiger partial charge in [-0.25, -0.2) is 0 Å². The summed E-state index contributed by atoms with van der Waals surface area (Å²) in [5.41, 5.74) is 2.50. The summed E-state index contributed by atoms with van der Waals surface area (Å²) in [5.74, 6) is 8.99. The molecule has 0 aliphatic heterocycles. The lowest BCUT2D eigenvalue weighted by Crippen LogP contribution is -2.35. The first kappa shape index (κ1) is 94.7. The van der Waals surface area contributed by atoms with Gasteiger partial charge in [-0.05, 0) is 235 Å². The van der Waals surface area contributed by atoms with Gasteiger partial charge < -0.3 is 63.4 Å². The van der Waals surface area contributed by atoms with Gasteiger partial charge in [-0.1, -0.05) is 215 Å². The minimum Gasteiger partial charge on any atom is -0.494 e. The Hall–Kier alpha value is -6.48. The van der Waals surface area contributed by atoms with Gasteiger partial charge in [-0.2, -0.15) is 0 Å². The molecule has 13 nitrogen and oxygen atoms in total. The van der Waals surface area contributed by atoms with Crippen LogP contribution in [0, 0.1) is 17.8 Å². The Morgan fingerprint density at radius 3 is 1.00 bits per heavy atom. The second kappa shape index (κ2) is 56.7. The van der Waals surface area contributed by atoms with E-state index in [9.17, 15) is 25.5 Å². The van der Waals surface area contributed by atoms with Gasteiger partial charge in [0.05, 0.1) is 62.0 Å². The number of aliphatic hydroxyl groups is 5. The van der Waals surface area contributed by atoms with Crippen LogP contribution >= 0.6 is 0 Å². The number of ether oxygens (including phenoxy) is 8. The van der Waals surface area contributed by atoms with E-state index in [-0.39, 0.29) is 12.2 Å². The molecule has 0 spiro atoms. The predicted molar refractivity (Wildman–Crippen MR) is 445 cm³/mol. The lowest BCUT2D eigenvalue weighted by Gasteiger charge is -2.27. The Morgan fingerprint density at radius 1 is 0.336 bits per heavy atom. The summed E-state index contributed by atoms with van der Waals surface area (Å²) in [6, 6.07) is 47.7. The molecule has 13 heteroatoms. The zero-order valence-electron chi connectivity index (χ0n) is 69.2. The van der Waals surface area contributed by atoms with Gasteiger partial charge in [0, 0.05) is 12.1 Å². The highest BCUT2D eigenvalue weighted by Gasteiger charge is 2.27. The highest BCUT2D eigenvalue weighted by atomic mass is 16.5. The van der Waals surface area contributed by atoms with Crippen LogP contribution in [0.1, 0.15) is 298 Å². The molecule has 2 aliphatic rings. The van der Waals surface area contributed by atoms with Gasteiger partial charge in [-0.3, -0.25) is 0 Å². The molecule has 8 rings (SSSR count). The summed E-state index contributed by atoms with van der Waals surface area (Å²) < 4.78 is 45.6. The maximum Gasteiger partial charge on any atom is 0.123 e. The van der Waals surface area contributed by atoms with Crippen molar-refractivity contribution in [3.05, 3.63) is 168 Å². The molecule has 0 amide bonds. The van der Waals surface area contributed by atoms with Gasteiger partial charge in [-0.15, -0.1) is 0 Å². The SMILES string of the molecule is CCCC(O)c1cccc(OCC2CCC2)c1.CCCC(O)c1cccc(OCC2CCCC2)c1.CCCCc1cccc(OCC(O)(CC)CC)c1.CCCCc1cccc(OCCC(C)C)c1.CCCOc1cccc(OCC(O)(CC)CC)c1.CCCOc1cccc(OCC(O)(CCC)CCC)c1. The normalized spacial score (nSPS) is 13.4. The fourth-order valence-corrected chi connectivity index (χ4v) is 12.0. The fourth-order valence-electron chi connectivity index (χ4n) is 12.0. The molecule has 5 N–H and O–H groups in total. The quantitative estimate of drug-likeness (QED) is 0.0245. The van der Waals surface area contributed by atoms with Crippen LogP contribution in [0.5, 0.6) is 46.0 Å². The Balaban J connectivity index is 0.000000333. The topological polar surface area (TPSA) is 175 Å². The maximum absolute atomic E-state index is 10.5. The van der Waals surface area contributed by atoms with E-state index in [0.29, 0.717) is 51.8 Å². The van der Waals surface area contributed by atoms with E-state index in [1.54, 1.807) is 0 Å². The number of hydrogen-bond acceptors (Lipinski definition) is 13. The van der Waals surface area contributed by atoms with E-state index in [0.717, 1.165) is 185 Å². The van der Waals surface area contributed by atoms with Crippen molar-refractivity contribution >= 4 is 0 Å². The van der Waals surface area contributed by atoms with Gasteiger partial charge in [0.25, 0.3) is 0 Å². The molecule has 107 heavy (non-hydrogen) atoms. The Kier molecular flexibility index (Phi) is 50.2. The third-order valence-corrected chi connectivity index (χ3v) is 19.8. The number of unbranched alkanes of at least 4 members (excludes halogenated alkanes) is 2. The largest absolute Gasteiger partial charge is 0.494 e. The zero-order chi connectivity index (χ0) is 78.4. The maximum atomic E-state index is 10.5. The molecule has 2 saturated carbocycles. The van der Waals surface area contributed by atoms with E-state index >= 15 is 0 Å². The number of aryl methyl sites for hydroxylation is 2.